The molecule has 1 heterocycles. The fourth-order valence-corrected chi connectivity index (χ4v) is 2.76. The second kappa shape index (κ2) is 7.18. The number of aromatic nitrogens is 2. The van der Waals surface area contributed by atoms with Crippen molar-refractivity contribution in [3.05, 3.63) is 59.9 Å². The van der Waals surface area contributed by atoms with E-state index in [2.05, 4.69) is 34.7 Å². The number of benzene rings is 2. The van der Waals surface area contributed by atoms with Gasteiger partial charge in [0.2, 0.25) is 0 Å². The predicted molar refractivity (Wildman–Crippen MR) is 94.7 cm³/mol. The zero-order chi connectivity index (χ0) is 16.9. The van der Waals surface area contributed by atoms with E-state index in [-0.39, 0.29) is 5.92 Å². The average Bonchev–Trinajstić information content (AvgIpc) is 2.97. The molecule has 0 fully saturated rings. The molecular weight excluding hydrogens is 298 g/mol. The van der Waals surface area contributed by atoms with Crippen LogP contribution in [0.25, 0.3) is 11.0 Å². The van der Waals surface area contributed by atoms with E-state index in [9.17, 15) is 0 Å². The molecule has 122 valence electrons. The zero-order valence-electron chi connectivity index (χ0n) is 14.1. The van der Waals surface area contributed by atoms with Crippen LogP contribution < -0.4 is 4.74 Å². The maximum absolute atomic E-state index is 9.15. The van der Waals surface area contributed by atoms with Gasteiger partial charge in [-0.15, -0.1) is 0 Å². The molecule has 0 radical (unpaired) electrons. The van der Waals surface area contributed by atoms with Crippen molar-refractivity contribution in [3.8, 4) is 11.8 Å². The number of ether oxygens (including phenoxy) is 1. The summed E-state index contributed by atoms with van der Waals surface area (Å²) in [4.78, 5) is 4.69. The lowest BCUT2D eigenvalue weighted by Crippen LogP contribution is -2.11. The summed E-state index contributed by atoms with van der Waals surface area (Å²) in [6, 6.07) is 18.4. The van der Waals surface area contributed by atoms with Crippen LogP contribution in [0.3, 0.4) is 0 Å². The smallest absolute Gasteiger partial charge is 0.148 e. The first-order valence-electron chi connectivity index (χ1n) is 8.26. The van der Waals surface area contributed by atoms with E-state index >= 15 is 0 Å². The Morgan fingerprint density at radius 1 is 1.21 bits per heavy atom. The first-order valence-corrected chi connectivity index (χ1v) is 8.26. The van der Waals surface area contributed by atoms with E-state index < -0.39 is 0 Å². The molecule has 1 atom stereocenters. The molecule has 0 bridgehead atoms. The van der Waals surface area contributed by atoms with Crippen molar-refractivity contribution in [3.63, 3.8) is 0 Å². The minimum atomic E-state index is -0.0789. The summed E-state index contributed by atoms with van der Waals surface area (Å²) in [5, 5.41) is 9.15. The van der Waals surface area contributed by atoms with E-state index in [1.807, 2.05) is 43.3 Å². The van der Waals surface area contributed by atoms with E-state index in [1.165, 1.54) is 5.56 Å². The highest BCUT2D eigenvalue weighted by atomic mass is 16.5. The molecule has 3 rings (SSSR count). The van der Waals surface area contributed by atoms with E-state index in [4.69, 9.17) is 10.00 Å². The van der Waals surface area contributed by atoms with Crippen LogP contribution in [0.5, 0.6) is 5.75 Å². The van der Waals surface area contributed by atoms with Gasteiger partial charge in [-0.2, -0.15) is 5.26 Å². The Kier molecular flexibility index (Phi) is 4.81. The lowest BCUT2D eigenvalue weighted by Gasteiger charge is -2.12. The van der Waals surface area contributed by atoms with Gasteiger partial charge in [0.05, 0.1) is 23.0 Å². The van der Waals surface area contributed by atoms with E-state index in [0.717, 1.165) is 29.0 Å². The number of hydrogen-bond acceptors (Lipinski definition) is 3. The Labute approximate surface area is 142 Å². The Balaban J connectivity index is 1.87. The molecule has 1 aromatic heterocycles. The largest absolute Gasteiger partial charge is 0.486 e. The van der Waals surface area contributed by atoms with Crippen molar-refractivity contribution in [2.75, 3.05) is 0 Å². The highest BCUT2D eigenvalue weighted by Gasteiger charge is 2.13. The van der Waals surface area contributed by atoms with Gasteiger partial charge in [-0.05, 0) is 43.2 Å². The molecule has 4 heteroatoms. The van der Waals surface area contributed by atoms with Gasteiger partial charge >= 0.3 is 0 Å². The first kappa shape index (κ1) is 16.1. The van der Waals surface area contributed by atoms with Crippen LogP contribution in [0.4, 0.5) is 0 Å². The van der Waals surface area contributed by atoms with Crippen molar-refractivity contribution in [1.29, 1.82) is 5.26 Å². The van der Waals surface area contributed by atoms with Crippen LogP contribution in [-0.2, 0) is 19.6 Å². The standard InChI is InChI=1S/C20H21N3O/c1-3-16-7-6-8-17(11-16)24-14-20-22-18-9-4-5-10-19(18)23(20)13-15(2)12-21/h4-11,15H,3,13-14H2,1-2H3. The van der Waals surface area contributed by atoms with Gasteiger partial charge < -0.3 is 9.30 Å². The predicted octanol–water partition coefficient (Wildman–Crippen LogP) is 4.34. The molecule has 0 spiro atoms. The summed E-state index contributed by atoms with van der Waals surface area (Å²) in [7, 11) is 0. The van der Waals surface area contributed by atoms with E-state index in [0.29, 0.717) is 13.2 Å². The second-order valence-corrected chi connectivity index (χ2v) is 5.95. The molecule has 4 nitrogen and oxygen atoms in total. The Hall–Kier alpha value is -2.80. The number of imidazole rings is 1. The van der Waals surface area contributed by atoms with Crippen LogP contribution >= 0.6 is 0 Å². The highest BCUT2D eigenvalue weighted by molar-refractivity contribution is 5.75. The summed E-state index contributed by atoms with van der Waals surface area (Å²) in [5.41, 5.74) is 3.23. The highest BCUT2D eigenvalue weighted by Crippen LogP contribution is 2.20. The molecule has 0 saturated carbocycles. The zero-order valence-corrected chi connectivity index (χ0v) is 14.1. The van der Waals surface area contributed by atoms with Gasteiger partial charge in [0.15, 0.2) is 0 Å². The van der Waals surface area contributed by atoms with Crippen molar-refractivity contribution in [1.82, 2.24) is 9.55 Å². The minimum Gasteiger partial charge on any atom is -0.486 e. The summed E-state index contributed by atoms with van der Waals surface area (Å²) >= 11 is 0. The van der Waals surface area contributed by atoms with Gasteiger partial charge in [-0.1, -0.05) is 31.2 Å². The molecule has 0 amide bonds. The van der Waals surface area contributed by atoms with Gasteiger partial charge in [0.25, 0.3) is 0 Å². The van der Waals surface area contributed by atoms with Crippen molar-refractivity contribution in [2.24, 2.45) is 5.92 Å². The minimum absolute atomic E-state index is 0.0789. The number of hydrogen-bond donors (Lipinski definition) is 0. The Morgan fingerprint density at radius 2 is 2.04 bits per heavy atom. The van der Waals surface area contributed by atoms with Gasteiger partial charge in [0.1, 0.15) is 18.2 Å². The lowest BCUT2D eigenvalue weighted by molar-refractivity contribution is 0.288. The molecule has 1 unspecified atom stereocenters. The summed E-state index contributed by atoms with van der Waals surface area (Å²) in [6.07, 6.45) is 0.982. The first-order chi connectivity index (χ1) is 11.7. The molecule has 24 heavy (non-hydrogen) atoms. The molecule has 2 aromatic carbocycles. The number of aryl methyl sites for hydroxylation is 1. The molecule has 0 N–H and O–H groups in total. The number of rotatable bonds is 6. The summed E-state index contributed by atoms with van der Waals surface area (Å²) in [5.74, 6) is 1.62. The number of para-hydroxylation sites is 2. The van der Waals surface area contributed by atoms with Crippen LogP contribution in [-0.4, -0.2) is 9.55 Å². The molecule has 0 saturated heterocycles. The second-order valence-electron chi connectivity index (χ2n) is 5.95. The SMILES string of the molecule is CCc1cccc(OCc2nc3ccccc3n2CC(C)C#N)c1. The van der Waals surface area contributed by atoms with Crippen molar-refractivity contribution < 1.29 is 4.74 Å². The van der Waals surface area contributed by atoms with Gasteiger partial charge in [-0.3, -0.25) is 0 Å². The maximum Gasteiger partial charge on any atom is 0.148 e. The van der Waals surface area contributed by atoms with Crippen molar-refractivity contribution >= 4 is 11.0 Å². The average molecular weight is 319 g/mol. The monoisotopic (exact) mass is 319 g/mol. The van der Waals surface area contributed by atoms with Gasteiger partial charge in [0, 0.05) is 6.54 Å². The number of fused-ring (bicyclic) bond motifs is 1. The maximum atomic E-state index is 9.15. The molecule has 0 aliphatic carbocycles. The quantitative estimate of drug-likeness (QED) is 0.679. The topological polar surface area (TPSA) is 50.8 Å². The lowest BCUT2D eigenvalue weighted by atomic mass is 10.2. The third-order valence-corrected chi connectivity index (χ3v) is 4.09. The Morgan fingerprint density at radius 3 is 2.83 bits per heavy atom. The number of nitriles is 1. The fourth-order valence-electron chi connectivity index (χ4n) is 2.76. The van der Waals surface area contributed by atoms with Crippen LogP contribution in [0, 0.1) is 17.2 Å². The van der Waals surface area contributed by atoms with Crippen LogP contribution in [0.2, 0.25) is 0 Å². The Bertz CT molecular complexity index is 876. The fraction of sp³-hybridized carbons (Fsp3) is 0.300. The van der Waals surface area contributed by atoms with Crippen LogP contribution in [0.1, 0.15) is 25.2 Å². The van der Waals surface area contributed by atoms with Gasteiger partial charge in [-0.25, -0.2) is 4.98 Å². The number of nitrogens with zero attached hydrogens (tertiary/aromatic N) is 3. The third kappa shape index (κ3) is 3.41. The van der Waals surface area contributed by atoms with Crippen molar-refractivity contribution in [2.45, 2.75) is 33.4 Å². The molecule has 3 aromatic rings. The molecule has 0 aliphatic rings. The molecular formula is C20H21N3O. The van der Waals surface area contributed by atoms with E-state index in [1.54, 1.807) is 0 Å². The molecule has 0 aliphatic heterocycles. The summed E-state index contributed by atoms with van der Waals surface area (Å²) in [6.45, 7) is 5.05. The normalized spacial score (nSPS) is 12.0. The van der Waals surface area contributed by atoms with Crippen LogP contribution in [0.15, 0.2) is 48.5 Å². The third-order valence-electron chi connectivity index (χ3n) is 4.09. The summed E-state index contributed by atoms with van der Waals surface area (Å²) < 4.78 is 8.04.